The van der Waals surface area contributed by atoms with Crippen LogP contribution in [-0.2, 0) is 0 Å². The predicted octanol–water partition coefficient (Wildman–Crippen LogP) is 2.69. The number of pyridine rings is 1. The van der Waals surface area contributed by atoms with Gasteiger partial charge in [-0.15, -0.1) is 5.10 Å². The van der Waals surface area contributed by atoms with Gasteiger partial charge in [0, 0.05) is 6.20 Å². The van der Waals surface area contributed by atoms with Crippen molar-refractivity contribution in [2.24, 2.45) is 0 Å². The highest BCUT2D eigenvalue weighted by molar-refractivity contribution is 7.99. The van der Waals surface area contributed by atoms with Gasteiger partial charge in [-0.3, -0.25) is 0 Å². The van der Waals surface area contributed by atoms with Gasteiger partial charge < -0.3 is 0 Å². The van der Waals surface area contributed by atoms with Gasteiger partial charge in [-0.25, -0.2) is 14.6 Å². The van der Waals surface area contributed by atoms with E-state index in [1.807, 2.05) is 36.4 Å². The van der Waals surface area contributed by atoms with Crippen LogP contribution in [0.4, 0.5) is 0 Å². The first-order valence-corrected chi connectivity index (χ1v) is 6.68. The SMILES string of the molecule is N#Cc1ccc(Sc2ncn(-c3ccccc3)n2)nc1. The highest BCUT2D eigenvalue weighted by Crippen LogP contribution is 2.22. The second kappa shape index (κ2) is 5.55. The molecule has 6 heteroatoms. The third-order valence-corrected chi connectivity index (χ3v) is 3.37. The number of hydrogen-bond donors (Lipinski definition) is 0. The van der Waals surface area contributed by atoms with E-state index in [2.05, 4.69) is 15.1 Å². The zero-order valence-electron chi connectivity index (χ0n) is 10.3. The summed E-state index contributed by atoms with van der Waals surface area (Å²) in [5.74, 6) is 0. The van der Waals surface area contributed by atoms with Crippen LogP contribution in [0.15, 0.2) is 65.2 Å². The summed E-state index contributed by atoms with van der Waals surface area (Å²) in [7, 11) is 0. The minimum Gasteiger partial charge on any atom is -0.248 e. The highest BCUT2D eigenvalue weighted by Gasteiger charge is 2.05. The molecule has 0 aliphatic carbocycles. The largest absolute Gasteiger partial charge is 0.248 e. The molecule has 1 aromatic carbocycles. The zero-order chi connectivity index (χ0) is 13.8. The van der Waals surface area contributed by atoms with Gasteiger partial charge in [0.15, 0.2) is 0 Å². The van der Waals surface area contributed by atoms with Crippen LogP contribution < -0.4 is 0 Å². The smallest absolute Gasteiger partial charge is 0.215 e. The lowest BCUT2D eigenvalue weighted by Gasteiger charge is -1.98. The van der Waals surface area contributed by atoms with Crippen LogP contribution in [0.2, 0.25) is 0 Å². The molecule has 0 aliphatic heterocycles. The van der Waals surface area contributed by atoms with Crippen molar-refractivity contribution in [3.05, 3.63) is 60.6 Å². The molecule has 2 heterocycles. The van der Waals surface area contributed by atoms with E-state index in [4.69, 9.17) is 5.26 Å². The molecule has 0 amide bonds. The Hall–Kier alpha value is -2.65. The predicted molar refractivity (Wildman–Crippen MR) is 74.4 cm³/mol. The van der Waals surface area contributed by atoms with Crippen LogP contribution in [0.5, 0.6) is 0 Å². The van der Waals surface area contributed by atoms with Crippen molar-refractivity contribution in [1.29, 1.82) is 5.26 Å². The van der Waals surface area contributed by atoms with E-state index in [9.17, 15) is 0 Å². The second-order valence-electron chi connectivity index (χ2n) is 3.91. The van der Waals surface area contributed by atoms with E-state index in [1.165, 1.54) is 18.0 Å². The molecule has 0 bridgehead atoms. The summed E-state index contributed by atoms with van der Waals surface area (Å²) in [6.45, 7) is 0. The summed E-state index contributed by atoms with van der Waals surface area (Å²) in [6.07, 6.45) is 3.21. The average molecular weight is 279 g/mol. The van der Waals surface area contributed by atoms with Crippen LogP contribution in [0.1, 0.15) is 5.56 Å². The summed E-state index contributed by atoms with van der Waals surface area (Å²) >= 11 is 1.36. The van der Waals surface area contributed by atoms with Gasteiger partial charge in [-0.05, 0) is 36.0 Å². The van der Waals surface area contributed by atoms with E-state index in [1.54, 1.807) is 23.1 Å². The maximum Gasteiger partial charge on any atom is 0.215 e. The van der Waals surface area contributed by atoms with Crippen molar-refractivity contribution in [2.75, 3.05) is 0 Å². The van der Waals surface area contributed by atoms with Crippen molar-refractivity contribution in [3.8, 4) is 11.8 Å². The third-order valence-electron chi connectivity index (χ3n) is 2.55. The van der Waals surface area contributed by atoms with Crippen LogP contribution in [0.25, 0.3) is 5.69 Å². The Morgan fingerprint density at radius 2 is 1.90 bits per heavy atom. The third kappa shape index (κ3) is 2.68. The molecule has 2 aromatic heterocycles. The first kappa shape index (κ1) is 12.4. The van der Waals surface area contributed by atoms with Crippen molar-refractivity contribution < 1.29 is 0 Å². The van der Waals surface area contributed by atoms with Gasteiger partial charge in [0.2, 0.25) is 5.16 Å². The van der Waals surface area contributed by atoms with E-state index in [-0.39, 0.29) is 0 Å². The summed E-state index contributed by atoms with van der Waals surface area (Å²) in [4.78, 5) is 8.42. The van der Waals surface area contributed by atoms with E-state index in [0.29, 0.717) is 10.7 Å². The normalized spacial score (nSPS) is 10.2. The molecule has 96 valence electrons. The molecule has 0 spiro atoms. The van der Waals surface area contributed by atoms with Gasteiger partial charge in [0.1, 0.15) is 17.4 Å². The number of para-hydroxylation sites is 1. The van der Waals surface area contributed by atoms with E-state index >= 15 is 0 Å². The second-order valence-corrected chi connectivity index (χ2v) is 4.89. The Morgan fingerprint density at radius 3 is 2.60 bits per heavy atom. The molecule has 0 saturated heterocycles. The van der Waals surface area contributed by atoms with Crippen molar-refractivity contribution in [2.45, 2.75) is 10.2 Å². The lowest BCUT2D eigenvalue weighted by atomic mass is 10.3. The Labute approximate surface area is 119 Å². The maximum atomic E-state index is 8.72. The molecular weight excluding hydrogens is 270 g/mol. The lowest BCUT2D eigenvalue weighted by molar-refractivity contribution is 0.833. The van der Waals surface area contributed by atoms with Gasteiger partial charge in [-0.1, -0.05) is 18.2 Å². The van der Waals surface area contributed by atoms with Crippen molar-refractivity contribution >= 4 is 11.8 Å². The highest BCUT2D eigenvalue weighted by atomic mass is 32.2. The average Bonchev–Trinajstić information content (AvgIpc) is 2.97. The summed E-state index contributed by atoms with van der Waals surface area (Å²) < 4.78 is 1.71. The van der Waals surface area contributed by atoms with E-state index in [0.717, 1.165) is 10.7 Å². The first-order valence-electron chi connectivity index (χ1n) is 5.86. The van der Waals surface area contributed by atoms with Gasteiger partial charge >= 0.3 is 0 Å². The molecular formula is C14H9N5S. The maximum absolute atomic E-state index is 8.72. The number of aromatic nitrogens is 4. The summed E-state index contributed by atoms with van der Waals surface area (Å²) in [6, 6.07) is 15.3. The molecule has 3 aromatic rings. The molecule has 20 heavy (non-hydrogen) atoms. The van der Waals surface area contributed by atoms with Gasteiger partial charge in [0.25, 0.3) is 0 Å². The molecule has 0 radical (unpaired) electrons. The molecule has 0 unspecified atom stereocenters. The fourth-order valence-electron chi connectivity index (χ4n) is 1.60. The Kier molecular flexibility index (Phi) is 3.44. The molecule has 3 rings (SSSR count). The minimum absolute atomic E-state index is 0.539. The van der Waals surface area contributed by atoms with Crippen LogP contribution in [0, 0.1) is 11.3 Å². The number of rotatable bonds is 3. The van der Waals surface area contributed by atoms with Crippen molar-refractivity contribution in [1.82, 2.24) is 19.7 Å². The number of hydrogen-bond acceptors (Lipinski definition) is 5. The quantitative estimate of drug-likeness (QED) is 0.737. The monoisotopic (exact) mass is 279 g/mol. The van der Waals surface area contributed by atoms with Gasteiger partial charge in [-0.2, -0.15) is 5.26 Å². The summed E-state index contributed by atoms with van der Waals surface area (Å²) in [5.41, 5.74) is 1.50. The minimum atomic E-state index is 0.539. The number of nitriles is 1. The topological polar surface area (TPSA) is 67.4 Å². The van der Waals surface area contributed by atoms with Crippen LogP contribution in [0.3, 0.4) is 0 Å². The fourth-order valence-corrected chi connectivity index (χ4v) is 2.26. The fraction of sp³-hybridized carbons (Fsp3) is 0. The molecule has 0 aliphatic rings. The lowest BCUT2D eigenvalue weighted by Crippen LogP contribution is -1.93. The van der Waals surface area contributed by atoms with Crippen LogP contribution >= 0.6 is 11.8 Å². The molecule has 0 saturated carbocycles. The summed E-state index contributed by atoms with van der Waals surface area (Å²) in [5, 5.41) is 14.5. The Bertz CT molecular complexity index is 743. The van der Waals surface area contributed by atoms with Crippen molar-refractivity contribution in [3.63, 3.8) is 0 Å². The van der Waals surface area contributed by atoms with E-state index < -0.39 is 0 Å². The molecule has 0 fully saturated rings. The standard InChI is InChI=1S/C14H9N5S/c15-8-11-6-7-13(16-9-11)20-14-17-10-19(18-14)12-4-2-1-3-5-12/h1-7,9-10H. The Balaban J connectivity index is 1.79. The first-order chi connectivity index (χ1) is 9.85. The number of nitrogens with zero attached hydrogens (tertiary/aromatic N) is 5. The number of benzene rings is 1. The molecule has 5 nitrogen and oxygen atoms in total. The zero-order valence-corrected chi connectivity index (χ0v) is 11.2. The Morgan fingerprint density at radius 1 is 1.05 bits per heavy atom. The molecule has 0 atom stereocenters. The van der Waals surface area contributed by atoms with Crippen LogP contribution in [-0.4, -0.2) is 19.7 Å². The molecule has 0 N–H and O–H groups in total. The van der Waals surface area contributed by atoms with Gasteiger partial charge in [0.05, 0.1) is 11.3 Å².